The number of likely N-dealkylation sites (tertiary alicyclic amines) is 1. The highest BCUT2D eigenvalue weighted by Crippen LogP contribution is 2.31. The van der Waals surface area contributed by atoms with E-state index in [1.165, 1.54) is 19.3 Å². The first-order valence-corrected chi connectivity index (χ1v) is 9.88. The van der Waals surface area contributed by atoms with Gasteiger partial charge in [0, 0.05) is 31.6 Å². The van der Waals surface area contributed by atoms with Gasteiger partial charge < -0.3 is 9.47 Å². The van der Waals surface area contributed by atoms with Crippen molar-refractivity contribution >= 4 is 17.1 Å². The van der Waals surface area contributed by atoms with Crippen LogP contribution in [0, 0.1) is 5.92 Å². The summed E-state index contributed by atoms with van der Waals surface area (Å²) in [5.74, 6) is 1.77. The molecule has 0 N–H and O–H groups in total. The Morgan fingerprint density at radius 1 is 1.24 bits per heavy atom. The molecule has 2 aliphatic rings. The Morgan fingerprint density at radius 2 is 2.08 bits per heavy atom. The Kier molecular flexibility index (Phi) is 4.73. The number of carbonyl (C=O) groups is 1. The molecule has 2 fully saturated rings. The number of carbonyl (C=O) groups excluding carboxylic acids is 1. The van der Waals surface area contributed by atoms with Gasteiger partial charge in [-0.1, -0.05) is 26.2 Å². The lowest BCUT2D eigenvalue weighted by atomic mass is 9.88. The van der Waals surface area contributed by atoms with Crippen LogP contribution in [-0.4, -0.2) is 38.4 Å². The van der Waals surface area contributed by atoms with Gasteiger partial charge in [0.15, 0.2) is 5.65 Å². The average molecular weight is 340 g/mol. The van der Waals surface area contributed by atoms with Crippen LogP contribution in [0.1, 0.15) is 63.7 Å². The van der Waals surface area contributed by atoms with E-state index in [2.05, 4.69) is 21.4 Å². The van der Waals surface area contributed by atoms with E-state index >= 15 is 0 Å². The SMILES string of the molecule is CCCc1nc2cccnc2n1[C@H]1CCN(C(=O)C2CCCCC2)C1. The molecule has 1 aliphatic heterocycles. The van der Waals surface area contributed by atoms with Gasteiger partial charge in [0.25, 0.3) is 0 Å². The fourth-order valence-corrected chi connectivity index (χ4v) is 4.52. The largest absolute Gasteiger partial charge is 0.340 e. The molecule has 4 rings (SSSR count). The molecule has 0 spiro atoms. The number of amides is 1. The van der Waals surface area contributed by atoms with E-state index in [1.807, 2.05) is 18.3 Å². The second kappa shape index (κ2) is 7.14. The van der Waals surface area contributed by atoms with Crippen molar-refractivity contribution in [2.45, 2.75) is 64.3 Å². The standard InChI is InChI=1S/C20H28N4O/c1-2-7-18-22-17-10-6-12-21-19(17)24(18)16-11-13-23(14-16)20(25)15-8-4-3-5-9-15/h6,10,12,15-16H,2-5,7-9,11,13-14H2,1H3/t16-/m0/s1. The average Bonchev–Trinajstić information content (AvgIpc) is 3.26. The molecule has 2 aromatic rings. The summed E-state index contributed by atoms with van der Waals surface area (Å²) in [6, 6.07) is 4.30. The summed E-state index contributed by atoms with van der Waals surface area (Å²) in [5.41, 5.74) is 1.95. The van der Waals surface area contributed by atoms with Crippen LogP contribution < -0.4 is 0 Å². The van der Waals surface area contributed by atoms with Gasteiger partial charge in [0.05, 0.1) is 6.04 Å². The van der Waals surface area contributed by atoms with Gasteiger partial charge in [-0.25, -0.2) is 9.97 Å². The number of aryl methyl sites for hydroxylation is 1. The minimum absolute atomic E-state index is 0.264. The van der Waals surface area contributed by atoms with Crippen LogP contribution in [0.5, 0.6) is 0 Å². The van der Waals surface area contributed by atoms with Crippen LogP contribution in [0.15, 0.2) is 18.3 Å². The van der Waals surface area contributed by atoms with Crippen LogP contribution >= 0.6 is 0 Å². The first-order chi connectivity index (χ1) is 12.3. The van der Waals surface area contributed by atoms with Crippen molar-refractivity contribution in [1.29, 1.82) is 0 Å². The van der Waals surface area contributed by atoms with Gasteiger partial charge in [-0.2, -0.15) is 0 Å². The number of pyridine rings is 1. The molecule has 5 nitrogen and oxygen atoms in total. The lowest BCUT2D eigenvalue weighted by molar-refractivity contribution is -0.135. The van der Waals surface area contributed by atoms with Gasteiger partial charge in [-0.05, 0) is 37.8 Å². The van der Waals surface area contributed by atoms with Crippen molar-refractivity contribution in [2.24, 2.45) is 5.92 Å². The molecule has 0 aromatic carbocycles. The van der Waals surface area contributed by atoms with E-state index < -0.39 is 0 Å². The molecule has 1 amide bonds. The highest BCUT2D eigenvalue weighted by atomic mass is 16.2. The molecule has 0 radical (unpaired) electrons. The summed E-state index contributed by atoms with van der Waals surface area (Å²) in [6.45, 7) is 3.87. The van der Waals surface area contributed by atoms with Crippen molar-refractivity contribution in [2.75, 3.05) is 13.1 Å². The predicted molar refractivity (Wildman–Crippen MR) is 98.3 cm³/mol. The maximum atomic E-state index is 12.9. The molecular formula is C20H28N4O. The zero-order valence-electron chi connectivity index (χ0n) is 15.2. The van der Waals surface area contributed by atoms with Gasteiger partial charge in [0.2, 0.25) is 5.91 Å². The second-order valence-electron chi connectivity index (χ2n) is 7.56. The van der Waals surface area contributed by atoms with Gasteiger partial charge in [0.1, 0.15) is 11.3 Å². The minimum atomic E-state index is 0.264. The van der Waals surface area contributed by atoms with Crippen molar-refractivity contribution in [3.05, 3.63) is 24.2 Å². The molecule has 3 heterocycles. The van der Waals surface area contributed by atoms with E-state index in [9.17, 15) is 4.79 Å². The first kappa shape index (κ1) is 16.6. The van der Waals surface area contributed by atoms with Gasteiger partial charge in [-0.3, -0.25) is 4.79 Å². The number of nitrogens with zero attached hydrogens (tertiary/aromatic N) is 4. The van der Waals surface area contributed by atoms with Crippen molar-refractivity contribution < 1.29 is 4.79 Å². The smallest absolute Gasteiger partial charge is 0.225 e. The Labute approximate surface area is 149 Å². The minimum Gasteiger partial charge on any atom is -0.340 e. The van der Waals surface area contributed by atoms with E-state index in [4.69, 9.17) is 4.98 Å². The van der Waals surface area contributed by atoms with Gasteiger partial charge in [-0.15, -0.1) is 0 Å². The third-order valence-corrected chi connectivity index (χ3v) is 5.79. The third-order valence-electron chi connectivity index (χ3n) is 5.79. The fourth-order valence-electron chi connectivity index (χ4n) is 4.52. The fraction of sp³-hybridized carbons (Fsp3) is 0.650. The van der Waals surface area contributed by atoms with Crippen LogP contribution in [0.3, 0.4) is 0 Å². The predicted octanol–water partition coefficient (Wildman–Crippen LogP) is 3.74. The summed E-state index contributed by atoms with van der Waals surface area (Å²) in [5, 5.41) is 0. The van der Waals surface area contributed by atoms with E-state index in [-0.39, 0.29) is 5.92 Å². The number of hydrogen-bond acceptors (Lipinski definition) is 3. The first-order valence-electron chi connectivity index (χ1n) is 9.88. The summed E-state index contributed by atoms with van der Waals surface area (Å²) >= 11 is 0. The molecule has 5 heteroatoms. The molecule has 1 saturated heterocycles. The summed E-state index contributed by atoms with van der Waals surface area (Å²) in [6.07, 6.45) is 10.8. The van der Waals surface area contributed by atoms with Crippen LogP contribution in [-0.2, 0) is 11.2 Å². The van der Waals surface area contributed by atoms with E-state index in [0.29, 0.717) is 11.9 Å². The molecule has 0 bridgehead atoms. The van der Waals surface area contributed by atoms with Crippen LogP contribution in [0.2, 0.25) is 0 Å². The third kappa shape index (κ3) is 3.16. The Morgan fingerprint density at radius 3 is 2.88 bits per heavy atom. The van der Waals surface area contributed by atoms with Crippen LogP contribution in [0.4, 0.5) is 0 Å². The lowest BCUT2D eigenvalue weighted by Crippen LogP contribution is -2.35. The Hall–Kier alpha value is -1.91. The molecule has 2 aromatic heterocycles. The van der Waals surface area contributed by atoms with Gasteiger partial charge >= 0.3 is 0 Å². The number of rotatable bonds is 4. The number of imidazole rings is 1. The number of hydrogen-bond donors (Lipinski definition) is 0. The Balaban J connectivity index is 1.56. The van der Waals surface area contributed by atoms with Crippen molar-refractivity contribution in [3.63, 3.8) is 0 Å². The van der Waals surface area contributed by atoms with Crippen molar-refractivity contribution in [1.82, 2.24) is 19.4 Å². The van der Waals surface area contributed by atoms with E-state index in [0.717, 1.165) is 62.2 Å². The maximum Gasteiger partial charge on any atom is 0.225 e. The maximum absolute atomic E-state index is 12.9. The zero-order valence-corrected chi connectivity index (χ0v) is 15.2. The lowest BCUT2D eigenvalue weighted by Gasteiger charge is -2.26. The highest BCUT2D eigenvalue weighted by molar-refractivity contribution is 5.79. The number of fused-ring (bicyclic) bond motifs is 1. The summed E-state index contributed by atoms with van der Waals surface area (Å²) in [7, 11) is 0. The normalized spacial score (nSPS) is 22.0. The highest BCUT2D eigenvalue weighted by Gasteiger charge is 2.33. The molecular weight excluding hydrogens is 312 g/mol. The molecule has 134 valence electrons. The van der Waals surface area contributed by atoms with E-state index in [1.54, 1.807) is 0 Å². The van der Waals surface area contributed by atoms with Crippen molar-refractivity contribution in [3.8, 4) is 0 Å². The molecule has 1 aliphatic carbocycles. The molecule has 0 unspecified atom stereocenters. The Bertz CT molecular complexity index is 747. The second-order valence-corrected chi connectivity index (χ2v) is 7.56. The zero-order chi connectivity index (χ0) is 17.2. The molecule has 1 saturated carbocycles. The topological polar surface area (TPSA) is 51.0 Å². The number of aromatic nitrogens is 3. The molecule has 25 heavy (non-hydrogen) atoms. The monoisotopic (exact) mass is 340 g/mol. The quantitative estimate of drug-likeness (QED) is 0.852. The summed E-state index contributed by atoms with van der Waals surface area (Å²) < 4.78 is 2.31. The van der Waals surface area contributed by atoms with Crippen LogP contribution in [0.25, 0.3) is 11.2 Å². The summed E-state index contributed by atoms with van der Waals surface area (Å²) in [4.78, 5) is 24.4. The molecule has 1 atom stereocenters.